The number of thioether (sulfide) groups is 1. The van der Waals surface area contributed by atoms with Crippen molar-refractivity contribution < 1.29 is 10.0 Å². The fraction of sp³-hybridized carbons (Fsp3) is 0.273. The molecule has 1 aliphatic rings. The highest BCUT2D eigenvalue weighted by atomic mass is 32.2. The largest absolute Gasteiger partial charge is 0.411 e. The Morgan fingerprint density at radius 3 is 2.88 bits per heavy atom. The number of carbonyl (C=O) groups excluding carboxylic acids is 1. The lowest BCUT2D eigenvalue weighted by Gasteiger charge is -2.11. The number of nitrogens with one attached hydrogen (secondary N) is 1. The molecule has 0 spiro atoms. The molecule has 2 N–H and O–H groups in total. The van der Waals surface area contributed by atoms with Crippen molar-refractivity contribution in [3.8, 4) is 0 Å². The lowest BCUT2D eigenvalue weighted by molar-refractivity contribution is 0.0949. The molecule has 1 heterocycles. The van der Waals surface area contributed by atoms with Crippen LogP contribution < -0.4 is 5.32 Å². The zero-order chi connectivity index (χ0) is 11.4. The molecule has 1 aliphatic heterocycles. The van der Waals surface area contributed by atoms with Gasteiger partial charge < -0.3 is 10.5 Å². The third kappa shape index (κ3) is 2.36. The Morgan fingerprint density at radius 1 is 1.44 bits per heavy atom. The predicted molar refractivity (Wildman–Crippen MR) is 64.2 cm³/mol. The third-order valence-electron chi connectivity index (χ3n) is 2.41. The molecule has 1 aromatic rings. The van der Waals surface area contributed by atoms with E-state index in [9.17, 15) is 4.79 Å². The predicted octanol–water partition coefficient (Wildman–Crippen LogP) is 1.36. The number of hydrogen-bond donors (Lipinski definition) is 2. The summed E-state index contributed by atoms with van der Waals surface area (Å²) in [5.74, 6) is 1.31. The Bertz CT molecular complexity index is 406. The lowest BCUT2D eigenvalue weighted by atomic mass is 10.2. The van der Waals surface area contributed by atoms with Crippen molar-refractivity contribution in [2.75, 3.05) is 11.5 Å². The summed E-state index contributed by atoms with van der Waals surface area (Å²) in [6, 6.07) is 8.87. The molecule has 1 amide bonds. The van der Waals surface area contributed by atoms with Crippen molar-refractivity contribution in [2.24, 2.45) is 5.16 Å². The van der Waals surface area contributed by atoms with Gasteiger partial charge in [0.15, 0.2) is 0 Å². The molecule has 1 atom stereocenters. The van der Waals surface area contributed by atoms with E-state index in [1.807, 2.05) is 18.2 Å². The fourth-order valence-electron chi connectivity index (χ4n) is 1.53. The van der Waals surface area contributed by atoms with Gasteiger partial charge in [0.1, 0.15) is 0 Å². The third-order valence-corrected chi connectivity index (χ3v) is 3.48. The van der Waals surface area contributed by atoms with Crippen molar-refractivity contribution >= 4 is 23.4 Å². The van der Waals surface area contributed by atoms with Gasteiger partial charge in [-0.3, -0.25) is 4.79 Å². The monoisotopic (exact) mass is 236 g/mol. The number of benzene rings is 1. The molecule has 0 radical (unpaired) electrons. The Hall–Kier alpha value is -1.49. The van der Waals surface area contributed by atoms with Gasteiger partial charge in [0.05, 0.1) is 11.8 Å². The van der Waals surface area contributed by atoms with Crippen LogP contribution in [0, 0.1) is 0 Å². The molecule has 0 unspecified atom stereocenters. The summed E-state index contributed by atoms with van der Waals surface area (Å²) in [5.41, 5.74) is 1.26. The number of carbonyl (C=O) groups is 1. The molecule has 1 fully saturated rings. The van der Waals surface area contributed by atoms with Crippen LogP contribution >= 0.6 is 11.8 Å². The highest BCUT2D eigenvalue weighted by Gasteiger charge is 2.25. The Kier molecular flexibility index (Phi) is 3.46. The second kappa shape index (κ2) is 5.03. The van der Waals surface area contributed by atoms with Crippen LogP contribution in [0.4, 0.5) is 0 Å². The van der Waals surface area contributed by atoms with E-state index in [-0.39, 0.29) is 11.9 Å². The first-order chi connectivity index (χ1) is 7.81. The summed E-state index contributed by atoms with van der Waals surface area (Å²) in [5, 5.41) is 14.8. The molecule has 0 saturated carbocycles. The first-order valence-corrected chi connectivity index (χ1v) is 6.11. The number of nitrogens with zero attached hydrogens (tertiary/aromatic N) is 1. The van der Waals surface area contributed by atoms with Gasteiger partial charge in [-0.2, -0.15) is 11.8 Å². The van der Waals surface area contributed by atoms with Crippen LogP contribution in [-0.2, 0) is 0 Å². The van der Waals surface area contributed by atoms with E-state index in [1.165, 1.54) is 0 Å². The minimum absolute atomic E-state index is 0.130. The highest BCUT2D eigenvalue weighted by Crippen LogP contribution is 2.15. The molecule has 1 saturated heterocycles. The van der Waals surface area contributed by atoms with Gasteiger partial charge in [-0.25, -0.2) is 0 Å². The van der Waals surface area contributed by atoms with E-state index in [0.717, 1.165) is 5.75 Å². The molecule has 16 heavy (non-hydrogen) atoms. The van der Waals surface area contributed by atoms with Gasteiger partial charge in [0.2, 0.25) is 0 Å². The molecule has 1 aromatic carbocycles. The van der Waals surface area contributed by atoms with Crippen molar-refractivity contribution in [3.05, 3.63) is 35.9 Å². The second-order valence-corrected chi connectivity index (χ2v) is 4.53. The number of amides is 1. The Labute approximate surface area is 97.7 Å². The van der Waals surface area contributed by atoms with Crippen LogP contribution in [0.2, 0.25) is 0 Å². The van der Waals surface area contributed by atoms with Gasteiger partial charge in [-0.15, -0.1) is 0 Å². The number of hydrogen-bond acceptors (Lipinski definition) is 4. The first kappa shape index (κ1) is 11.0. The normalized spacial score (nSPS) is 22.2. The van der Waals surface area contributed by atoms with E-state index in [1.54, 1.807) is 23.9 Å². The van der Waals surface area contributed by atoms with Crippen molar-refractivity contribution in [1.82, 2.24) is 5.32 Å². The van der Waals surface area contributed by atoms with E-state index >= 15 is 0 Å². The van der Waals surface area contributed by atoms with Crippen molar-refractivity contribution in [3.63, 3.8) is 0 Å². The van der Waals surface area contributed by atoms with E-state index in [2.05, 4.69) is 10.5 Å². The topological polar surface area (TPSA) is 61.7 Å². The van der Waals surface area contributed by atoms with Gasteiger partial charge in [0.25, 0.3) is 5.91 Å². The molecule has 84 valence electrons. The number of rotatable bonds is 2. The van der Waals surface area contributed by atoms with Crippen molar-refractivity contribution in [2.45, 2.75) is 6.04 Å². The molecule has 2 rings (SSSR count). The summed E-state index contributed by atoms with van der Waals surface area (Å²) in [7, 11) is 0. The standard InChI is InChI=1S/C11H12N2O2S/c14-11(8-4-2-1-3-5-8)12-9-6-16-7-10(9)13-15/h1-5,9,15H,6-7H2,(H,12,14)/b13-10-/t9-/m1/s1. The van der Waals surface area contributed by atoms with Gasteiger partial charge in [-0.05, 0) is 12.1 Å². The minimum Gasteiger partial charge on any atom is -0.411 e. The highest BCUT2D eigenvalue weighted by molar-refractivity contribution is 8.00. The van der Waals surface area contributed by atoms with E-state index in [4.69, 9.17) is 5.21 Å². The zero-order valence-electron chi connectivity index (χ0n) is 8.59. The Morgan fingerprint density at radius 2 is 2.19 bits per heavy atom. The van der Waals surface area contributed by atoms with Gasteiger partial charge >= 0.3 is 0 Å². The summed E-state index contributed by atoms with van der Waals surface area (Å²) in [6.07, 6.45) is 0. The maximum atomic E-state index is 11.8. The van der Waals surface area contributed by atoms with E-state index < -0.39 is 0 Å². The van der Waals surface area contributed by atoms with Crippen molar-refractivity contribution in [1.29, 1.82) is 0 Å². The maximum Gasteiger partial charge on any atom is 0.251 e. The van der Waals surface area contributed by atoms with Crippen LogP contribution in [0.3, 0.4) is 0 Å². The molecular weight excluding hydrogens is 224 g/mol. The lowest BCUT2D eigenvalue weighted by Crippen LogP contribution is -2.40. The van der Waals surface area contributed by atoms with E-state index in [0.29, 0.717) is 17.0 Å². The molecule has 4 nitrogen and oxygen atoms in total. The minimum atomic E-state index is -0.150. The summed E-state index contributed by atoms with van der Waals surface area (Å²) in [4.78, 5) is 11.8. The molecule has 0 aromatic heterocycles. The van der Waals surface area contributed by atoms with Gasteiger partial charge in [0, 0.05) is 17.1 Å². The fourth-order valence-corrected chi connectivity index (χ4v) is 2.63. The number of oxime groups is 1. The Balaban J connectivity index is 2.03. The smallest absolute Gasteiger partial charge is 0.251 e. The summed E-state index contributed by atoms with van der Waals surface area (Å²) >= 11 is 1.65. The molecule has 0 bridgehead atoms. The van der Waals surface area contributed by atoms with Crippen LogP contribution in [0.15, 0.2) is 35.5 Å². The van der Waals surface area contributed by atoms with Crippen LogP contribution in [0.25, 0.3) is 0 Å². The maximum absolute atomic E-state index is 11.8. The van der Waals surface area contributed by atoms with Crippen LogP contribution in [0.1, 0.15) is 10.4 Å². The SMILES string of the molecule is O=C(N[C@@H]1CSC/C1=N/O)c1ccccc1. The molecule has 5 heteroatoms. The zero-order valence-corrected chi connectivity index (χ0v) is 9.41. The summed E-state index contributed by atoms with van der Waals surface area (Å²) in [6.45, 7) is 0. The average Bonchev–Trinajstić information content (AvgIpc) is 2.77. The first-order valence-electron chi connectivity index (χ1n) is 4.95. The molecule has 0 aliphatic carbocycles. The second-order valence-electron chi connectivity index (χ2n) is 3.50. The quantitative estimate of drug-likeness (QED) is 0.602. The molecular formula is C11H12N2O2S. The average molecular weight is 236 g/mol. The van der Waals surface area contributed by atoms with Crippen LogP contribution in [-0.4, -0.2) is 34.4 Å². The summed E-state index contributed by atoms with van der Waals surface area (Å²) < 4.78 is 0. The van der Waals surface area contributed by atoms with Crippen LogP contribution in [0.5, 0.6) is 0 Å². The van der Waals surface area contributed by atoms with Gasteiger partial charge in [-0.1, -0.05) is 23.4 Å².